The highest BCUT2D eigenvalue weighted by molar-refractivity contribution is 6.32. The Labute approximate surface area is 104 Å². The van der Waals surface area contributed by atoms with Gasteiger partial charge in [0.15, 0.2) is 0 Å². The van der Waals surface area contributed by atoms with Crippen LogP contribution in [0.3, 0.4) is 0 Å². The number of ether oxygens (including phenoxy) is 1. The molecule has 2 aromatic rings. The number of halogens is 1. The van der Waals surface area contributed by atoms with E-state index in [4.69, 9.17) is 11.6 Å². The van der Waals surface area contributed by atoms with Gasteiger partial charge in [-0.25, -0.2) is 9.48 Å². The largest absolute Gasteiger partial charge is 0.465 e. The van der Waals surface area contributed by atoms with E-state index in [1.165, 1.54) is 7.11 Å². The van der Waals surface area contributed by atoms with Crippen molar-refractivity contribution in [1.82, 2.24) is 9.78 Å². The fourth-order valence-corrected chi connectivity index (χ4v) is 1.75. The molecule has 0 fully saturated rings. The highest BCUT2D eigenvalue weighted by atomic mass is 35.5. The summed E-state index contributed by atoms with van der Waals surface area (Å²) >= 11 is 6.06. The second-order valence-electron chi connectivity index (χ2n) is 3.52. The van der Waals surface area contributed by atoms with Crippen molar-refractivity contribution in [3.05, 3.63) is 46.7 Å². The molecule has 0 saturated heterocycles. The molecular weight excluding hydrogens is 240 g/mol. The maximum Gasteiger partial charge on any atom is 0.341 e. The van der Waals surface area contributed by atoms with E-state index in [0.29, 0.717) is 16.3 Å². The van der Waals surface area contributed by atoms with E-state index < -0.39 is 5.97 Å². The minimum atomic E-state index is -0.402. The van der Waals surface area contributed by atoms with Crippen molar-refractivity contribution in [3.8, 4) is 5.69 Å². The van der Waals surface area contributed by atoms with Crippen molar-refractivity contribution in [2.75, 3.05) is 7.11 Å². The number of aryl methyl sites for hydroxylation is 1. The van der Waals surface area contributed by atoms with Crippen LogP contribution in [0.25, 0.3) is 5.69 Å². The van der Waals surface area contributed by atoms with Gasteiger partial charge in [-0.15, -0.1) is 0 Å². The third-order valence-electron chi connectivity index (χ3n) is 2.40. The van der Waals surface area contributed by atoms with Crippen LogP contribution in [0.1, 0.15) is 16.1 Å². The number of rotatable bonds is 2. The van der Waals surface area contributed by atoms with Gasteiger partial charge in [-0.2, -0.15) is 5.10 Å². The second-order valence-corrected chi connectivity index (χ2v) is 3.92. The lowest BCUT2D eigenvalue weighted by Gasteiger charge is -2.02. The molecule has 17 heavy (non-hydrogen) atoms. The summed E-state index contributed by atoms with van der Waals surface area (Å²) in [5, 5.41) is 4.82. The molecule has 0 bridgehead atoms. The summed E-state index contributed by atoms with van der Waals surface area (Å²) in [5.74, 6) is -0.402. The summed E-state index contributed by atoms with van der Waals surface area (Å²) in [6.07, 6.45) is 1.61. The molecule has 0 unspecified atom stereocenters. The van der Waals surface area contributed by atoms with Crippen LogP contribution in [0.5, 0.6) is 0 Å². The lowest BCUT2D eigenvalue weighted by Crippen LogP contribution is -2.01. The second kappa shape index (κ2) is 4.59. The van der Waals surface area contributed by atoms with Gasteiger partial charge in [0, 0.05) is 6.20 Å². The summed E-state index contributed by atoms with van der Waals surface area (Å²) < 4.78 is 6.24. The smallest absolute Gasteiger partial charge is 0.341 e. The Morgan fingerprint density at radius 2 is 2.12 bits per heavy atom. The number of aromatic nitrogens is 2. The molecule has 0 aliphatic heterocycles. The predicted octanol–water partition coefficient (Wildman–Crippen LogP) is 2.62. The molecule has 0 atom stereocenters. The molecule has 88 valence electrons. The maximum atomic E-state index is 11.5. The number of para-hydroxylation sites is 1. The van der Waals surface area contributed by atoms with Gasteiger partial charge in [0.1, 0.15) is 5.56 Å². The fourth-order valence-electron chi connectivity index (χ4n) is 1.53. The molecule has 0 saturated carbocycles. The molecule has 2 rings (SSSR count). The van der Waals surface area contributed by atoms with Gasteiger partial charge in [0.05, 0.1) is 23.5 Å². The number of hydrogen-bond donors (Lipinski definition) is 0. The number of hydrogen-bond acceptors (Lipinski definition) is 3. The molecule has 1 aromatic carbocycles. The van der Waals surface area contributed by atoms with Crippen molar-refractivity contribution in [1.29, 1.82) is 0 Å². The first-order valence-corrected chi connectivity index (χ1v) is 5.40. The van der Waals surface area contributed by atoms with E-state index in [0.717, 1.165) is 5.69 Å². The topological polar surface area (TPSA) is 44.1 Å². The lowest BCUT2D eigenvalue weighted by atomic mass is 10.3. The van der Waals surface area contributed by atoms with Crippen LogP contribution in [0.2, 0.25) is 5.02 Å². The monoisotopic (exact) mass is 250 g/mol. The zero-order valence-electron chi connectivity index (χ0n) is 9.48. The maximum absolute atomic E-state index is 11.5. The number of carbonyl (C=O) groups is 1. The van der Waals surface area contributed by atoms with Gasteiger partial charge in [-0.05, 0) is 19.1 Å². The summed E-state index contributed by atoms with van der Waals surface area (Å²) in [7, 11) is 1.34. The number of carbonyl (C=O) groups excluding carboxylic acids is 1. The van der Waals surface area contributed by atoms with E-state index >= 15 is 0 Å². The summed E-state index contributed by atoms with van der Waals surface area (Å²) in [4.78, 5) is 11.5. The Morgan fingerprint density at radius 1 is 1.41 bits per heavy atom. The Morgan fingerprint density at radius 3 is 2.76 bits per heavy atom. The van der Waals surface area contributed by atoms with Gasteiger partial charge in [0.2, 0.25) is 0 Å². The average Bonchev–Trinajstić information content (AvgIpc) is 2.71. The highest BCUT2D eigenvalue weighted by Crippen LogP contribution is 2.20. The number of methoxy groups -OCH3 is 1. The van der Waals surface area contributed by atoms with E-state index in [1.807, 2.05) is 18.2 Å². The Hall–Kier alpha value is -1.81. The van der Waals surface area contributed by atoms with Crippen molar-refractivity contribution < 1.29 is 9.53 Å². The molecule has 0 N–H and O–H groups in total. The van der Waals surface area contributed by atoms with Crippen LogP contribution in [0.15, 0.2) is 30.5 Å². The first-order chi connectivity index (χ1) is 8.13. The number of benzene rings is 1. The van der Waals surface area contributed by atoms with E-state index in [-0.39, 0.29) is 0 Å². The quantitative estimate of drug-likeness (QED) is 0.770. The van der Waals surface area contributed by atoms with E-state index in [1.54, 1.807) is 23.9 Å². The van der Waals surface area contributed by atoms with Crippen molar-refractivity contribution in [2.45, 2.75) is 6.92 Å². The molecule has 1 aromatic heterocycles. The number of esters is 1. The summed E-state index contributed by atoms with van der Waals surface area (Å²) in [5.41, 5.74) is 1.77. The zero-order valence-corrected chi connectivity index (χ0v) is 10.2. The average molecular weight is 251 g/mol. The minimum absolute atomic E-state index is 0.402. The molecule has 0 radical (unpaired) electrons. The van der Waals surface area contributed by atoms with Crippen LogP contribution in [-0.4, -0.2) is 22.9 Å². The highest BCUT2D eigenvalue weighted by Gasteiger charge is 2.15. The predicted molar refractivity (Wildman–Crippen MR) is 64.7 cm³/mol. The summed E-state index contributed by atoms with van der Waals surface area (Å²) in [6.45, 7) is 1.75. The van der Waals surface area contributed by atoms with Crippen LogP contribution in [-0.2, 0) is 4.74 Å². The van der Waals surface area contributed by atoms with Crippen LogP contribution in [0.4, 0.5) is 0 Å². The molecule has 0 aliphatic rings. The molecule has 0 amide bonds. The first kappa shape index (κ1) is 11.7. The summed E-state index contributed by atoms with van der Waals surface area (Å²) in [6, 6.07) is 7.29. The normalized spacial score (nSPS) is 10.3. The molecule has 5 heteroatoms. The van der Waals surface area contributed by atoms with Crippen molar-refractivity contribution in [3.63, 3.8) is 0 Å². The molecule has 0 spiro atoms. The van der Waals surface area contributed by atoms with Crippen LogP contribution >= 0.6 is 11.6 Å². The number of nitrogens with zero attached hydrogens (tertiary/aromatic N) is 2. The zero-order chi connectivity index (χ0) is 12.4. The van der Waals surface area contributed by atoms with E-state index in [2.05, 4.69) is 9.84 Å². The molecule has 1 heterocycles. The van der Waals surface area contributed by atoms with Crippen LogP contribution < -0.4 is 0 Å². The van der Waals surface area contributed by atoms with Gasteiger partial charge in [-0.1, -0.05) is 23.7 Å². The van der Waals surface area contributed by atoms with Gasteiger partial charge < -0.3 is 4.74 Å². The van der Waals surface area contributed by atoms with Gasteiger partial charge in [0.25, 0.3) is 0 Å². The third kappa shape index (κ3) is 2.17. The Balaban J connectivity index is 2.49. The van der Waals surface area contributed by atoms with Gasteiger partial charge in [-0.3, -0.25) is 0 Å². The Bertz CT molecular complexity index is 563. The van der Waals surface area contributed by atoms with Gasteiger partial charge >= 0.3 is 5.97 Å². The molecule has 4 nitrogen and oxygen atoms in total. The standard InChI is InChI=1S/C12H11ClN2O2/c1-8-9(12(16)17-2)7-15(14-8)11-6-4-3-5-10(11)13/h3-7H,1-2H3. The van der Waals surface area contributed by atoms with Crippen LogP contribution in [0, 0.1) is 6.92 Å². The lowest BCUT2D eigenvalue weighted by molar-refractivity contribution is 0.0600. The first-order valence-electron chi connectivity index (χ1n) is 5.03. The SMILES string of the molecule is COC(=O)c1cn(-c2ccccc2Cl)nc1C. The molecular formula is C12H11ClN2O2. The third-order valence-corrected chi connectivity index (χ3v) is 2.72. The fraction of sp³-hybridized carbons (Fsp3) is 0.167. The van der Waals surface area contributed by atoms with E-state index in [9.17, 15) is 4.79 Å². The molecule has 0 aliphatic carbocycles. The Kier molecular flexibility index (Phi) is 3.15. The van der Waals surface area contributed by atoms with Crippen molar-refractivity contribution in [2.24, 2.45) is 0 Å². The van der Waals surface area contributed by atoms with Crippen molar-refractivity contribution >= 4 is 17.6 Å². The minimum Gasteiger partial charge on any atom is -0.465 e.